The molecule has 5 nitrogen and oxygen atoms in total. The number of hydrogen-bond acceptors (Lipinski definition) is 3. The summed E-state index contributed by atoms with van der Waals surface area (Å²) in [7, 11) is 0. The standard InChI is InChI=1S/C20H21FN4O/c1-12-3-2-4-16(22-12)20(13-5-6-13)25-19(26)10-9-18-23-15-8-7-14(21)11-17(15)24-18/h2-4,7-8,11,13,20H,5-6,9-10H2,1H3,(H,23,24)(H,25,26)/t20-/m0/s1. The van der Waals surface area contributed by atoms with Gasteiger partial charge in [-0.1, -0.05) is 6.07 Å². The molecule has 0 saturated heterocycles. The number of amides is 1. The van der Waals surface area contributed by atoms with E-state index in [4.69, 9.17) is 0 Å². The van der Waals surface area contributed by atoms with E-state index in [2.05, 4.69) is 20.3 Å². The molecule has 1 amide bonds. The van der Waals surface area contributed by atoms with Crippen LogP contribution in [-0.4, -0.2) is 20.9 Å². The summed E-state index contributed by atoms with van der Waals surface area (Å²) >= 11 is 0. The van der Waals surface area contributed by atoms with Gasteiger partial charge in [0.15, 0.2) is 0 Å². The second kappa shape index (κ2) is 6.86. The Bertz CT molecular complexity index is 948. The molecule has 1 aliphatic carbocycles. The van der Waals surface area contributed by atoms with Crippen molar-refractivity contribution >= 4 is 16.9 Å². The number of aromatic amines is 1. The Kier molecular flexibility index (Phi) is 4.41. The summed E-state index contributed by atoms with van der Waals surface area (Å²) < 4.78 is 13.3. The van der Waals surface area contributed by atoms with E-state index >= 15 is 0 Å². The highest BCUT2D eigenvalue weighted by Crippen LogP contribution is 2.40. The van der Waals surface area contributed by atoms with Gasteiger partial charge in [0.1, 0.15) is 11.6 Å². The number of halogens is 1. The van der Waals surface area contributed by atoms with Crippen molar-refractivity contribution in [3.05, 3.63) is 59.4 Å². The molecule has 134 valence electrons. The van der Waals surface area contributed by atoms with E-state index in [0.29, 0.717) is 35.6 Å². The van der Waals surface area contributed by atoms with E-state index in [1.807, 2.05) is 25.1 Å². The number of pyridine rings is 1. The summed E-state index contributed by atoms with van der Waals surface area (Å²) in [6, 6.07) is 10.3. The zero-order valence-corrected chi connectivity index (χ0v) is 14.6. The predicted octanol–water partition coefficient (Wildman–Crippen LogP) is 3.61. The van der Waals surface area contributed by atoms with Gasteiger partial charge in [-0.05, 0) is 56.0 Å². The molecule has 1 fully saturated rings. The first-order valence-electron chi connectivity index (χ1n) is 8.95. The number of H-pyrrole nitrogens is 1. The lowest BCUT2D eigenvalue weighted by Crippen LogP contribution is -2.30. The fraction of sp³-hybridized carbons (Fsp3) is 0.350. The Morgan fingerprint density at radius 2 is 2.15 bits per heavy atom. The number of imidazole rings is 1. The maximum Gasteiger partial charge on any atom is 0.220 e. The Labute approximate surface area is 151 Å². The molecule has 2 aromatic heterocycles. The quantitative estimate of drug-likeness (QED) is 0.712. The Hall–Kier alpha value is -2.76. The van der Waals surface area contributed by atoms with Gasteiger partial charge in [0.2, 0.25) is 5.91 Å². The molecule has 0 unspecified atom stereocenters. The molecule has 6 heteroatoms. The van der Waals surface area contributed by atoms with Crippen LogP contribution < -0.4 is 5.32 Å². The van der Waals surface area contributed by atoms with Gasteiger partial charge in [-0.15, -0.1) is 0 Å². The highest BCUT2D eigenvalue weighted by Gasteiger charge is 2.34. The molecule has 1 atom stereocenters. The molecular weight excluding hydrogens is 331 g/mol. The zero-order valence-electron chi connectivity index (χ0n) is 14.6. The van der Waals surface area contributed by atoms with Crippen molar-refractivity contribution in [1.82, 2.24) is 20.3 Å². The lowest BCUT2D eigenvalue weighted by molar-refractivity contribution is -0.122. The van der Waals surface area contributed by atoms with Crippen LogP contribution >= 0.6 is 0 Å². The third-order valence-corrected chi connectivity index (χ3v) is 4.72. The highest BCUT2D eigenvalue weighted by atomic mass is 19.1. The minimum atomic E-state index is -0.302. The van der Waals surface area contributed by atoms with Crippen LogP contribution in [0.2, 0.25) is 0 Å². The van der Waals surface area contributed by atoms with Gasteiger partial charge >= 0.3 is 0 Å². The molecule has 1 saturated carbocycles. The second-order valence-corrected chi connectivity index (χ2v) is 6.93. The van der Waals surface area contributed by atoms with E-state index in [0.717, 1.165) is 24.2 Å². The minimum absolute atomic E-state index is 0.0168. The molecule has 2 N–H and O–H groups in total. The van der Waals surface area contributed by atoms with Gasteiger partial charge in [0, 0.05) is 18.5 Å². The van der Waals surface area contributed by atoms with Crippen molar-refractivity contribution in [3.63, 3.8) is 0 Å². The fourth-order valence-electron chi connectivity index (χ4n) is 3.23. The summed E-state index contributed by atoms with van der Waals surface area (Å²) in [4.78, 5) is 24.5. The van der Waals surface area contributed by atoms with Crippen LogP contribution in [0.5, 0.6) is 0 Å². The number of nitrogens with zero attached hydrogens (tertiary/aromatic N) is 2. The van der Waals surface area contributed by atoms with Crippen molar-refractivity contribution in [1.29, 1.82) is 0 Å². The van der Waals surface area contributed by atoms with Crippen molar-refractivity contribution in [2.75, 3.05) is 0 Å². The lowest BCUT2D eigenvalue weighted by Gasteiger charge is -2.18. The average Bonchev–Trinajstić information content (AvgIpc) is 3.37. The van der Waals surface area contributed by atoms with Crippen molar-refractivity contribution in [3.8, 4) is 0 Å². The Morgan fingerprint density at radius 1 is 1.31 bits per heavy atom. The number of aryl methyl sites for hydroxylation is 2. The monoisotopic (exact) mass is 352 g/mol. The molecule has 0 spiro atoms. The van der Waals surface area contributed by atoms with Crippen LogP contribution in [0, 0.1) is 18.7 Å². The summed E-state index contributed by atoms with van der Waals surface area (Å²) in [5, 5.41) is 3.13. The molecule has 4 rings (SSSR count). The first-order chi connectivity index (χ1) is 12.6. The topological polar surface area (TPSA) is 70.7 Å². The summed E-state index contributed by atoms with van der Waals surface area (Å²) in [5.74, 6) is 0.847. The van der Waals surface area contributed by atoms with Crippen molar-refractivity contribution in [2.24, 2.45) is 5.92 Å². The van der Waals surface area contributed by atoms with Crippen LogP contribution in [0.3, 0.4) is 0 Å². The summed E-state index contributed by atoms with van der Waals surface area (Å²) in [5.41, 5.74) is 3.25. The van der Waals surface area contributed by atoms with E-state index in [1.54, 1.807) is 6.07 Å². The Balaban J connectivity index is 1.40. The maximum absolute atomic E-state index is 13.3. The van der Waals surface area contributed by atoms with E-state index in [-0.39, 0.29) is 17.8 Å². The SMILES string of the molecule is Cc1cccc([C@@H](NC(=O)CCc2nc3ccc(F)cc3[nH]2)C2CC2)n1. The van der Waals surface area contributed by atoms with Crippen LogP contribution in [-0.2, 0) is 11.2 Å². The number of aromatic nitrogens is 3. The van der Waals surface area contributed by atoms with Crippen molar-refractivity contribution in [2.45, 2.75) is 38.6 Å². The number of benzene rings is 1. The summed E-state index contributed by atoms with van der Waals surface area (Å²) in [6.07, 6.45) is 3.06. The number of hydrogen-bond donors (Lipinski definition) is 2. The van der Waals surface area contributed by atoms with Gasteiger partial charge < -0.3 is 10.3 Å². The molecule has 0 bridgehead atoms. The lowest BCUT2D eigenvalue weighted by atomic mass is 10.1. The summed E-state index contributed by atoms with van der Waals surface area (Å²) in [6.45, 7) is 1.96. The average molecular weight is 352 g/mol. The van der Waals surface area contributed by atoms with Gasteiger partial charge in [0.05, 0.1) is 22.8 Å². The minimum Gasteiger partial charge on any atom is -0.347 e. The normalized spacial score (nSPS) is 15.2. The fourth-order valence-corrected chi connectivity index (χ4v) is 3.23. The molecule has 0 radical (unpaired) electrons. The van der Waals surface area contributed by atoms with Crippen molar-refractivity contribution < 1.29 is 9.18 Å². The largest absolute Gasteiger partial charge is 0.347 e. The Morgan fingerprint density at radius 3 is 2.92 bits per heavy atom. The van der Waals surface area contributed by atoms with Gasteiger partial charge in [0.25, 0.3) is 0 Å². The number of carbonyl (C=O) groups excluding carboxylic acids is 1. The van der Waals surface area contributed by atoms with Crippen LogP contribution in [0.25, 0.3) is 11.0 Å². The molecular formula is C20H21FN4O. The first-order valence-corrected chi connectivity index (χ1v) is 8.95. The number of carbonyl (C=O) groups is 1. The molecule has 26 heavy (non-hydrogen) atoms. The maximum atomic E-state index is 13.3. The predicted molar refractivity (Wildman–Crippen MR) is 97.0 cm³/mol. The van der Waals surface area contributed by atoms with E-state index < -0.39 is 0 Å². The zero-order chi connectivity index (χ0) is 18.1. The third kappa shape index (κ3) is 3.74. The van der Waals surface area contributed by atoms with Gasteiger partial charge in [-0.2, -0.15) is 0 Å². The highest BCUT2D eigenvalue weighted by molar-refractivity contribution is 5.77. The molecule has 1 aromatic carbocycles. The number of rotatable bonds is 6. The van der Waals surface area contributed by atoms with Gasteiger partial charge in [-0.25, -0.2) is 9.37 Å². The van der Waals surface area contributed by atoms with E-state index in [1.165, 1.54) is 12.1 Å². The third-order valence-electron chi connectivity index (χ3n) is 4.72. The number of nitrogens with one attached hydrogen (secondary N) is 2. The van der Waals surface area contributed by atoms with Gasteiger partial charge in [-0.3, -0.25) is 9.78 Å². The molecule has 3 aromatic rings. The van der Waals surface area contributed by atoms with Crippen LogP contribution in [0.15, 0.2) is 36.4 Å². The molecule has 0 aliphatic heterocycles. The second-order valence-electron chi connectivity index (χ2n) is 6.93. The smallest absolute Gasteiger partial charge is 0.220 e. The van der Waals surface area contributed by atoms with Crippen LogP contribution in [0.4, 0.5) is 4.39 Å². The first kappa shape index (κ1) is 16.7. The number of fused-ring (bicyclic) bond motifs is 1. The molecule has 1 aliphatic rings. The van der Waals surface area contributed by atoms with E-state index in [9.17, 15) is 9.18 Å². The van der Waals surface area contributed by atoms with Crippen LogP contribution in [0.1, 0.15) is 42.5 Å². The molecule has 2 heterocycles.